The van der Waals surface area contributed by atoms with Crippen LogP contribution in [0, 0.1) is 20.2 Å². The Bertz CT molecular complexity index is 3410. The number of halogens is 6. The van der Waals surface area contributed by atoms with Crippen molar-refractivity contribution in [1.82, 2.24) is 59.1 Å². The standard InChI is InChI=1S/C14H12BrN3O5.4C7H9BrN2O2.C7H5NO4.C4H6O2.C3H3BrN2/c15-10-5-16-17(6-10)12-7-22-8-13(12)23-14(19)9-1-3-11(4-2-9)18(20)21;4*8-5-1-9-10(2-5)6-3-12-4-7(6)11;9-5-12-7-3-1-6(2-4-7)8(10)11;1-3-4(6-3)2-5-1;4-3-1-5-6-2-3/h1-6,12-13H,7-8H2;4*1-2,6-7,11H,3-4H2;1-5H;3-4H,1-2H2;1-2H,(H,5,6)/t12-,13+;3*6-,7+;6-,7-;;;/m01000.../s1. The van der Waals surface area contributed by atoms with Crippen molar-refractivity contribution in [3.8, 4) is 5.75 Å². The van der Waals surface area contributed by atoms with Crippen molar-refractivity contribution in [2.24, 2.45) is 0 Å². The molecule has 95 heavy (non-hydrogen) atoms. The van der Waals surface area contributed by atoms with Crippen molar-refractivity contribution in [2.45, 2.75) is 72.9 Å². The summed E-state index contributed by atoms with van der Waals surface area (Å²) >= 11 is 19.7. The highest BCUT2D eigenvalue weighted by molar-refractivity contribution is 9.11. The van der Waals surface area contributed by atoms with Gasteiger partial charge in [-0.05, 0) is 120 Å². The van der Waals surface area contributed by atoms with Gasteiger partial charge in [-0.2, -0.15) is 30.6 Å². The van der Waals surface area contributed by atoms with Crippen LogP contribution in [0.5, 0.6) is 5.75 Å². The van der Waals surface area contributed by atoms with Crippen LogP contribution in [0.15, 0.2) is 150 Å². The molecule has 0 amide bonds. The second-order valence-electron chi connectivity index (χ2n) is 20.9. The molecule has 39 heteroatoms. The van der Waals surface area contributed by atoms with Gasteiger partial charge in [-0.1, -0.05) is 0 Å². The number of hydrogen-bond acceptors (Lipinski definition) is 25. The van der Waals surface area contributed by atoms with Gasteiger partial charge in [0.05, 0.1) is 159 Å². The number of carbonyl (C=O) groups excluding carboxylic acids is 2. The lowest BCUT2D eigenvalue weighted by atomic mass is 10.2. The molecule has 0 aliphatic carbocycles. The van der Waals surface area contributed by atoms with E-state index < -0.39 is 46.3 Å². The normalized spacial score (nSPS) is 24.8. The van der Waals surface area contributed by atoms with Gasteiger partial charge < -0.3 is 63.1 Å². The van der Waals surface area contributed by atoms with Crippen LogP contribution in [-0.4, -0.2) is 224 Å². The molecular weight excluding hydrogens is 1650 g/mol. The zero-order valence-electron chi connectivity index (χ0n) is 49.5. The fourth-order valence-corrected chi connectivity index (χ4v) is 10.8. The largest absolute Gasteiger partial charge is 0.454 e. The molecule has 0 radical (unpaired) electrons. The quantitative estimate of drug-likeness (QED) is 0.0294. The summed E-state index contributed by atoms with van der Waals surface area (Å²) in [7, 11) is 0. The predicted octanol–water partition coefficient (Wildman–Crippen LogP) is 6.75. The van der Waals surface area contributed by atoms with E-state index in [-0.39, 0.29) is 66.0 Å². The van der Waals surface area contributed by atoms with Crippen molar-refractivity contribution >= 4 is 119 Å². The first-order valence-corrected chi connectivity index (χ1v) is 33.3. The number of aliphatic hydroxyl groups excluding tert-OH is 4. The Morgan fingerprint density at radius 2 is 0.821 bits per heavy atom. The first-order chi connectivity index (χ1) is 45.7. The summed E-state index contributed by atoms with van der Waals surface area (Å²) in [5, 5.41) is 85.4. The Morgan fingerprint density at radius 1 is 0.484 bits per heavy atom. The lowest BCUT2D eigenvalue weighted by Gasteiger charge is -2.18. The summed E-state index contributed by atoms with van der Waals surface area (Å²) in [6.07, 6.45) is 19.8. The van der Waals surface area contributed by atoms with E-state index in [2.05, 4.69) is 136 Å². The molecule has 0 saturated carbocycles. The number of epoxide rings is 1. The van der Waals surface area contributed by atoms with Crippen LogP contribution in [0.3, 0.4) is 0 Å². The van der Waals surface area contributed by atoms with Gasteiger partial charge >= 0.3 is 5.97 Å². The second kappa shape index (κ2) is 37.6. The summed E-state index contributed by atoms with van der Waals surface area (Å²) in [4.78, 5) is 41.8. The zero-order chi connectivity index (χ0) is 68.0. The summed E-state index contributed by atoms with van der Waals surface area (Å²) < 4.78 is 59.8. The van der Waals surface area contributed by atoms with E-state index >= 15 is 0 Å². The molecule has 5 N–H and O–H groups in total. The third-order valence-corrected chi connectivity index (χ3v) is 16.6. The van der Waals surface area contributed by atoms with Crippen molar-refractivity contribution in [3.63, 3.8) is 0 Å². The topological polar surface area (TPSA) is 405 Å². The van der Waals surface area contributed by atoms with Gasteiger partial charge in [0.2, 0.25) is 0 Å². The summed E-state index contributed by atoms with van der Waals surface area (Å²) in [5.41, 5.74) is 0.140. The average Bonchev–Trinajstić information content (AvgIpc) is 1.73. The van der Waals surface area contributed by atoms with Crippen LogP contribution in [-0.2, 0) is 42.7 Å². The lowest BCUT2D eigenvalue weighted by Crippen LogP contribution is -2.28. The van der Waals surface area contributed by atoms with Gasteiger partial charge in [0.25, 0.3) is 17.8 Å². The van der Waals surface area contributed by atoms with Gasteiger partial charge in [0, 0.05) is 61.4 Å². The number of fused-ring (bicyclic) bond motifs is 1. The molecule has 15 rings (SSSR count). The molecule has 6 aromatic heterocycles. The average molecular weight is 1710 g/mol. The minimum absolute atomic E-state index is 0.0312. The smallest absolute Gasteiger partial charge is 0.338 e. The minimum atomic E-state index is -0.549. The summed E-state index contributed by atoms with van der Waals surface area (Å²) in [6, 6.07) is 10.2. The molecule has 0 spiro atoms. The molecule has 8 aromatic rings. The number of aromatic amines is 1. The summed E-state index contributed by atoms with van der Waals surface area (Å²) in [6.45, 7) is 6.38. The maximum atomic E-state index is 12.2. The molecule has 2 unspecified atom stereocenters. The van der Waals surface area contributed by atoms with Crippen molar-refractivity contribution in [2.75, 3.05) is 79.3 Å². The molecule has 7 aliphatic rings. The van der Waals surface area contributed by atoms with E-state index in [0.717, 1.165) is 40.1 Å². The van der Waals surface area contributed by atoms with Crippen LogP contribution in [0.1, 0.15) is 40.6 Å². The number of rotatable bonds is 11. The number of carbonyl (C=O) groups is 2. The van der Waals surface area contributed by atoms with Gasteiger partial charge in [0.15, 0.2) is 0 Å². The number of H-pyrrole nitrogens is 1. The van der Waals surface area contributed by atoms with Crippen LogP contribution in [0.2, 0.25) is 0 Å². The molecule has 7 aliphatic heterocycles. The Kier molecular flexibility index (Phi) is 29.5. The fourth-order valence-electron chi connectivity index (χ4n) is 9.14. The lowest BCUT2D eigenvalue weighted by molar-refractivity contribution is -0.385. The predicted molar refractivity (Wildman–Crippen MR) is 351 cm³/mol. The number of ether oxygens (including phenoxy) is 9. The number of nitrogens with zero attached hydrogens (tertiary/aromatic N) is 13. The second-order valence-corrected chi connectivity index (χ2v) is 26.4. The third kappa shape index (κ3) is 23.3. The third-order valence-electron chi connectivity index (χ3n) is 14.2. The number of nitro benzene ring substituents is 2. The molecular formula is C56H62Br6N14O19. The Labute approximate surface area is 590 Å². The SMILES string of the molecule is Brc1cn[nH]c1.C1OCC2OC12.O=C(O[C@@H]1COC[C@@H]1n1cc(Br)cn1)c1ccc([N+](=O)[O-])cc1.O=COc1ccc([N+](=O)[O-])cc1.O[C@@H]1COC[C@@H]1n1cc(Br)cn1.O[C@@H]1COC[C@@H]1n1cc(Br)cn1.O[C@H]1COC[C@@H]1n1cc(Br)cn1.O[C@H]1COC[C@H]1n1cc(Br)cn1. The van der Waals surface area contributed by atoms with Crippen molar-refractivity contribution in [1.29, 1.82) is 0 Å². The van der Waals surface area contributed by atoms with Crippen LogP contribution in [0.25, 0.3) is 0 Å². The van der Waals surface area contributed by atoms with E-state index in [1.54, 1.807) is 73.0 Å². The number of benzene rings is 2. The van der Waals surface area contributed by atoms with Crippen LogP contribution < -0.4 is 4.74 Å². The van der Waals surface area contributed by atoms with E-state index in [1.807, 2.05) is 24.8 Å². The fraction of sp³-hybridized carbons (Fsp3) is 0.429. The van der Waals surface area contributed by atoms with Crippen LogP contribution in [0.4, 0.5) is 11.4 Å². The molecule has 2 aromatic carbocycles. The maximum absolute atomic E-state index is 12.2. The highest BCUT2D eigenvalue weighted by Crippen LogP contribution is 2.29. The highest BCUT2D eigenvalue weighted by Gasteiger charge is 2.44. The van der Waals surface area contributed by atoms with E-state index in [1.165, 1.54) is 48.5 Å². The zero-order valence-corrected chi connectivity index (χ0v) is 59.0. The highest BCUT2D eigenvalue weighted by atomic mass is 79.9. The Hall–Kier alpha value is -6.12. The Morgan fingerprint density at radius 3 is 1.07 bits per heavy atom. The van der Waals surface area contributed by atoms with Gasteiger partial charge in [-0.3, -0.25) is 53.5 Å². The Balaban J connectivity index is 0.000000143. The molecule has 512 valence electrons. The first-order valence-electron chi connectivity index (χ1n) is 28.5. The van der Waals surface area contributed by atoms with E-state index in [0.29, 0.717) is 71.7 Å². The van der Waals surface area contributed by atoms with Gasteiger partial charge in [0.1, 0.15) is 78.7 Å². The van der Waals surface area contributed by atoms with E-state index in [9.17, 15) is 50.2 Å². The first kappa shape index (κ1) is 74.7. The number of nitrogens with one attached hydrogen (secondary N) is 1. The number of aliphatic hydroxyl groups is 4. The van der Waals surface area contributed by atoms with Crippen molar-refractivity contribution < 1.29 is 82.5 Å². The number of nitro groups is 2. The molecule has 7 fully saturated rings. The summed E-state index contributed by atoms with van der Waals surface area (Å²) in [5.74, 6) is -0.262. The van der Waals surface area contributed by atoms with Crippen molar-refractivity contribution in [3.05, 3.63) is 176 Å². The number of esters is 1. The monoisotopic (exact) mass is 1710 g/mol. The molecule has 7 saturated heterocycles. The number of aromatic nitrogens is 12. The maximum Gasteiger partial charge on any atom is 0.338 e. The molecule has 13 heterocycles. The number of non-ortho nitro benzene ring substituents is 2. The molecule has 0 bridgehead atoms. The molecule has 12 atom stereocenters. The van der Waals surface area contributed by atoms with Gasteiger partial charge in [-0.25, -0.2) is 4.79 Å². The minimum Gasteiger partial charge on any atom is -0.454 e. The molecule has 33 nitrogen and oxygen atoms in total. The number of hydrogen-bond donors (Lipinski definition) is 5. The van der Waals surface area contributed by atoms with E-state index in [4.69, 9.17) is 37.9 Å². The van der Waals surface area contributed by atoms with Crippen LogP contribution >= 0.6 is 95.6 Å². The van der Waals surface area contributed by atoms with Gasteiger partial charge in [-0.15, -0.1) is 0 Å².